The van der Waals surface area contributed by atoms with Gasteiger partial charge in [0.15, 0.2) is 0 Å². The fraction of sp³-hybridized carbons (Fsp3) is 0.500. The van der Waals surface area contributed by atoms with Crippen molar-refractivity contribution in [3.8, 4) is 6.07 Å². The lowest BCUT2D eigenvalue weighted by atomic mass is 9.90. The molecule has 0 aliphatic heterocycles. The summed E-state index contributed by atoms with van der Waals surface area (Å²) in [5.74, 6) is -0.0169. The van der Waals surface area contributed by atoms with Gasteiger partial charge in [-0.2, -0.15) is 5.26 Å². The average Bonchev–Trinajstić information content (AvgIpc) is 2.46. The predicted molar refractivity (Wildman–Crippen MR) is 74.9 cm³/mol. The van der Waals surface area contributed by atoms with Gasteiger partial charge in [-0.25, -0.2) is 0 Å². The first-order chi connectivity index (χ1) is 9.26. The lowest BCUT2D eigenvalue weighted by Gasteiger charge is -2.21. The van der Waals surface area contributed by atoms with Crippen LogP contribution < -0.4 is 0 Å². The average molecular weight is 256 g/mol. The highest BCUT2D eigenvalue weighted by Gasteiger charge is 2.17. The Kier molecular flexibility index (Phi) is 4.57. The summed E-state index contributed by atoms with van der Waals surface area (Å²) in [4.78, 5) is 14.0. The Bertz CT molecular complexity index is 502. The molecule has 0 bridgehead atoms. The molecular formula is C16H20N2O. The molecule has 3 nitrogen and oxygen atoms in total. The van der Waals surface area contributed by atoms with Crippen LogP contribution in [-0.4, -0.2) is 23.9 Å². The van der Waals surface area contributed by atoms with Crippen LogP contribution in [0.25, 0.3) is 0 Å². The molecule has 1 aromatic rings. The summed E-state index contributed by atoms with van der Waals surface area (Å²) in [5, 5.41) is 8.81. The second kappa shape index (κ2) is 6.38. The Balaban J connectivity index is 2.20. The van der Waals surface area contributed by atoms with Crippen molar-refractivity contribution in [3.05, 3.63) is 34.9 Å². The molecule has 0 heterocycles. The maximum atomic E-state index is 12.4. The van der Waals surface area contributed by atoms with Crippen LogP contribution in [0.5, 0.6) is 0 Å². The van der Waals surface area contributed by atoms with Gasteiger partial charge in [-0.15, -0.1) is 0 Å². The van der Waals surface area contributed by atoms with E-state index in [1.807, 2.05) is 19.1 Å². The second-order valence-corrected chi connectivity index (χ2v) is 5.08. The van der Waals surface area contributed by atoms with Crippen molar-refractivity contribution in [1.29, 1.82) is 5.26 Å². The van der Waals surface area contributed by atoms with Gasteiger partial charge in [-0.05, 0) is 55.4 Å². The quantitative estimate of drug-likeness (QED) is 0.777. The van der Waals surface area contributed by atoms with Crippen LogP contribution in [0.15, 0.2) is 18.2 Å². The van der Waals surface area contributed by atoms with E-state index in [1.54, 1.807) is 4.90 Å². The van der Waals surface area contributed by atoms with E-state index in [-0.39, 0.29) is 12.5 Å². The molecule has 19 heavy (non-hydrogen) atoms. The maximum absolute atomic E-state index is 12.4. The molecule has 1 amide bonds. The van der Waals surface area contributed by atoms with E-state index in [1.165, 1.54) is 24.0 Å². The van der Waals surface area contributed by atoms with E-state index in [9.17, 15) is 4.79 Å². The molecule has 0 unspecified atom stereocenters. The van der Waals surface area contributed by atoms with Crippen LogP contribution in [0, 0.1) is 11.3 Å². The number of nitriles is 1. The molecule has 0 N–H and O–H groups in total. The highest BCUT2D eigenvalue weighted by molar-refractivity contribution is 5.94. The minimum Gasteiger partial charge on any atom is -0.325 e. The Hall–Kier alpha value is -1.82. The Morgan fingerprint density at radius 1 is 1.32 bits per heavy atom. The molecule has 0 atom stereocenters. The molecule has 0 aromatic heterocycles. The van der Waals surface area contributed by atoms with Crippen LogP contribution in [0.1, 0.15) is 47.7 Å². The first-order valence-electron chi connectivity index (χ1n) is 7.04. The number of aryl methyl sites for hydroxylation is 2. The van der Waals surface area contributed by atoms with Crippen molar-refractivity contribution >= 4 is 5.91 Å². The third kappa shape index (κ3) is 3.14. The van der Waals surface area contributed by atoms with Crippen LogP contribution in [0.2, 0.25) is 0 Å². The molecule has 0 saturated carbocycles. The zero-order valence-corrected chi connectivity index (χ0v) is 11.5. The fourth-order valence-corrected chi connectivity index (χ4v) is 2.66. The number of benzene rings is 1. The molecule has 0 saturated heterocycles. The second-order valence-electron chi connectivity index (χ2n) is 5.08. The number of fused-ring (bicyclic) bond motifs is 1. The SMILES string of the molecule is CCCN(CC#N)C(=O)c1ccc2c(c1)CCCC2. The molecule has 0 spiro atoms. The third-order valence-corrected chi connectivity index (χ3v) is 3.64. The first kappa shape index (κ1) is 13.6. The highest BCUT2D eigenvalue weighted by Crippen LogP contribution is 2.22. The van der Waals surface area contributed by atoms with E-state index < -0.39 is 0 Å². The number of carbonyl (C=O) groups excluding carboxylic acids is 1. The van der Waals surface area contributed by atoms with Gasteiger partial charge in [0.05, 0.1) is 6.07 Å². The van der Waals surface area contributed by atoms with Gasteiger partial charge in [-0.3, -0.25) is 4.79 Å². The molecular weight excluding hydrogens is 236 g/mol. The van der Waals surface area contributed by atoms with E-state index in [0.29, 0.717) is 6.54 Å². The van der Waals surface area contributed by atoms with E-state index >= 15 is 0 Å². The van der Waals surface area contributed by atoms with Crippen LogP contribution >= 0.6 is 0 Å². The van der Waals surface area contributed by atoms with Gasteiger partial charge in [0, 0.05) is 12.1 Å². The number of hydrogen-bond donors (Lipinski definition) is 0. The Morgan fingerprint density at radius 3 is 2.74 bits per heavy atom. The fourth-order valence-electron chi connectivity index (χ4n) is 2.66. The molecule has 1 aliphatic rings. The molecule has 0 fully saturated rings. The predicted octanol–water partition coefficient (Wildman–Crippen LogP) is 2.94. The minimum absolute atomic E-state index is 0.0169. The number of carbonyl (C=O) groups is 1. The van der Waals surface area contributed by atoms with E-state index in [4.69, 9.17) is 5.26 Å². The van der Waals surface area contributed by atoms with E-state index in [2.05, 4.69) is 12.1 Å². The summed E-state index contributed by atoms with van der Waals surface area (Å²) in [6.45, 7) is 2.83. The van der Waals surface area contributed by atoms with Gasteiger partial charge < -0.3 is 4.90 Å². The van der Waals surface area contributed by atoms with Crippen molar-refractivity contribution in [2.24, 2.45) is 0 Å². The van der Waals surface area contributed by atoms with Crippen molar-refractivity contribution in [1.82, 2.24) is 4.90 Å². The standard InChI is InChI=1S/C16H20N2O/c1-2-10-18(11-9-17)16(19)15-8-7-13-5-3-4-6-14(13)12-15/h7-8,12H,2-6,10-11H2,1H3. The third-order valence-electron chi connectivity index (χ3n) is 3.64. The number of rotatable bonds is 4. The lowest BCUT2D eigenvalue weighted by molar-refractivity contribution is 0.0776. The van der Waals surface area contributed by atoms with Gasteiger partial charge in [-0.1, -0.05) is 13.0 Å². The summed E-state index contributed by atoms with van der Waals surface area (Å²) < 4.78 is 0. The molecule has 1 aliphatic carbocycles. The topological polar surface area (TPSA) is 44.1 Å². The summed E-state index contributed by atoms with van der Waals surface area (Å²) in [6.07, 6.45) is 5.53. The molecule has 3 heteroatoms. The Labute approximate surface area is 114 Å². The summed E-state index contributed by atoms with van der Waals surface area (Å²) in [7, 11) is 0. The Morgan fingerprint density at radius 2 is 2.05 bits per heavy atom. The molecule has 1 aromatic carbocycles. The van der Waals surface area contributed by atoms with Crippen molar-refractivity contribution in [2.45, 2.75) is 39.0 Å². The van der Waals surface area contributed by atoms with Crippen LogP contribution in [-0.2, 0) is 12.8 Å². The van der Waals surface area contributed by atoms with Crippen molar-refractivity contribution in [2.75, 3.05) is 13.1 Å². The summed E-state index contributed by atoms with van der Waals surface area (Å²) in [6, 6.07) is 8.09. The molecule has 100 valence electrons. The van der Waals surface area contributed by atoms with Crippen molar-refractivity contribution < 1.29 is 4.79 Å². The van der Waals surface area contributed by atoms with Crippen LogP contribution in [0.4, 0.5) is 0 Å². The number of nitrogens with zero attached hydrogens (tertiary/aromatic N) is 2. The van der Waals surface area contributed by atoms with Crippen molar-refractivity contribution in [3.63, 3.8) is 0 Å². The van der Waals surface area contributed by atoms with Gasteiger partial charge in [0.1, 0.15) is 6.54 Å². The monoisotopic (exact) mass is 256 g/mol. The normalized spacial score (nSPS) is 13.5. The zero-order chi connectivity index (χ0) is 13.7. The zero-order valence-electron chi connectivity index (χ0n) is 11.5. The summed E-state index contributed by atoms with van der Waals surface area (Å²) >= 11 is 0. The smallest absolute Gasteiger partial charge is 0.254 e. The lowest BCUT2D eigenvalue weighted by Crippen LogP contribution is -2.32. The summed E-state index contributed by atoms with van der Waals surface area (Å²) in [5.41, 5.74) is 3.42. The first-order valence-corrected chi connectivity index (χ1v) is 7.04. The number of amides is 1. The number of hydrogen-bond acceptors (Lipinski definition) is 2. The maximum Gasteiger partial charge on any atom is 0.254 e. The largest absolute Gasteiger partial charge is 0.325 e. The molecule has 2 rings (SSSR count). The minimum atomic E-state index is -0.0169. The molecule has 0 radical (unpaired) electrons. The highest BCUT2D eigenvalue weighted by atomic mass is 16.2. The van der Waals surface area contributed by atoms with Gasteiger partial charge >= 0.3 is 0 Å². The van der Waals surface area contributed by atoms with E-state index in [0.717, 1.165) is 24.8 Å². The van der Waals surface area contributed by atoms with Crippen LogP contribution in [0.3, 0.4) is 0 Å². The van der Waals surface area contributed by atoms with Gasteiger partial charge in [0.2, 0.25) is 0 Å². The van der Waals surface area contributed by atoms with Gasteiger partial charge in [0.25, 0.3) is 5.91 Å².